The van der Waals surface area contributed by atoms with Crippen molar-refractivity contribution < 1.29 is 4.79 Å². The zero-order valence-corrected chi connectivity index (χ0v) is 14.8. The van der Waals surface area contributed by atoms with Gasteiger partial charge >= 0.3 is 0 Å². The van der Waals surface area contributed by atoms with Crippen molar-refractivity contribution in [1.29, 1.82) is 0 Å². The third-order valence-electron chi connectivity index (χ3n) is 5.23. The van der Waals surface area contributed by atoms with Crippen LogP contribution < -0.4 is 11.1 Å². The fraction of sp³-hybridized carbons (Fsp3) is 0.318. The van der Waals surface area contributed by atoms with Gasteiger partial charge in [-0.1, -0.05) is 68.5 Å². The van der Waals surface area contributed by atoms with E-state index in [1.807, 2.05) is 6.92 Å². The first-order valence-corrected chi connectivity index (χ1v) is 9.02. The number of hydrogen-bond acceptors (Lipinski definition) is 2. The van der Waals surface area contributed by atoms with Crippen molar-refractivity contribution in [3.63, 3.8) is 0 Å². The molecule has 3 N–H and O–H groups in total. The molecule has 0 unspecified atom stereocenters. The average Bonchev–Trinajstić information content (AvgIpc) is 2.93. The minimum Gasteiger partial charge on any atom is -0.402 e. The zero-order chi connectivity index (χ0) is 17.9. The van der Waals surface area contributed by atoms with Gasteiger partial charge in [0.1, 0.15) is 0 Å². The van der Waals surface area contributed by atoms with E-state index >= 15 is 0 Å². The molecule has 1 amide bonds. The molecule has 1 aliphatic rings. The fourth-order valence-corrected chi connectivity index (χ4v) is 3.97. The second-order valence-electron chi connectivity index (χ2n) is 6.68. The van der Waals surface area contributed by atoms with Crippen molar-refractivity contribution in [2.75, 3.05) is 6.54 Å². The number of hydrogen-bond donors (Lipinski definition) is 2. The summed E-state index contributed by atoms with van der Waals surface area (Å²) in [4.78, 5) is 11.4. The first kappa shape index (κ1) is 17.3. The monoisotopic (exact) mass is 334 g/mol. The molecule has 1 aliphatic carbocycles. The van der Waals surface area contributed by atoms with Crippen molar-refractivity contribution in [1.82, 2.24) is 5.32 Å². The quantitative estimate of drug-likeness (QED) is 0.748. The predicted molar refractivity (Wildman–Crippen MR) is 103 cm³/mol. The van der Waals surface area contributed by atoms with Gasteiger partial charge < -0.3 is 11.1 Å². The van der Waals surface area contributed by atoms with Crippen LogP contribution in [0.3, 0.4) is 0 Å². The molecule has 2 aromatic rings. The van der Waals surface area contributed by atoms with E-state index in [9.17, 15) is 4.79 Å². The summed E-state index contributed by atoms with van der Waals surface area (Å²) < 4.78 is 0. The van der Waals surface area contributed by atoms with E-state index in [0.717, 1.165) is 19.3 Å². The Labute approximate surface area is 149 Å². The van der Waals surface area contributed by atoms with Crippen LogP contribution in [0, 0.1) is 0 Å². The number of rotatable bonds is 7. The lowest BCUT2D eigenvalue weighted by Crippen LogP contribution is -2.32. The number of carbonyl (C=O) groups excluding carboxylic acids is 1. The van der Waals surface area contributed by atoms with Crippen LogP contribution >= 0.6 is 0 Å². The molecule has 0 aliphatic heterocycles. The van der Waals surface area contributed by atoms with Crippen LogP contribution in [0.4, 0.5) is 0 Å². The van der Waals surface area contributed by atoms with E-state index in [0.29, 0.717) is 18.7 Å². The van der Waals surface area contributed by atoms with Gasteiger partial charge in [0.25, 0.3) is 0 Å². The number of amides is 1. The molecule has 0 atom stereocenters. The summed E-state index contributed by atoms with van der Waals surface area (Å²) in [5, 5.41) is 2.95. The minimum absolute atomic E-state index is 0.106. The summed E-state index contributed by atoms with van der Waals surface area (Å²) in [5.41, 5.74) is 11.8. The number of benzene rings is 2. The number of carbonyl (C=O) groups is 1. The van der Waals surface area contributed by atoms with Crippen LogP contribution in [0.2, 0.25) is 0 Å². The highest BCUT2D eigenvalue weighted by Gasteiger charge is 2.43. The van der Waals surface area contributed by atoms with E-state index in [1.54, 1.807) is 0 Å². The van der Waals surface area contributed by atoms with Crippen LogP contribution in [0.25, 0.3) is 11.1 Å². The summed E-state index contributed by atoms with van der Waals surface area (Å²) in [6, 6.07) is 17.0. The maximum atomic E-state index is 11.4. The Balaban J connectivity index is 1.87. The maximum Gasteiger partial charge on any atom is 0.219 e. The van der Waals surface area contributed by atoms with Gasteiger partial charge in [0.15, 0.2) is 0 Å². The molecule has 0 fully saturated rings. The van der Waals surface area contributed by atoms with Crippen molar-refractivity contribution in [3.8, 4) is 11.1 Å². The standard InChI is InChI=1S/C22H26N2O/c1-3-21(25)24-15-9-8-14-22(16(2)23)19-12-6-4-10-17(19)18-11-5-7-13-20(18)22/h4-7,10-13H,2-3,8-9,14-15,23H2,1H3,(H,24,25). The first-order chi connectivity index (χ1) is 12.1. The lowest BCUT2D eigenvalue weighted by Gasteiger charge is -2.32. The molecule has 0 heterocycles. The van der Waals surface area contributed by atoms with Crippen LogP contribution in [-0.4, -0.2) is 12.5 Å². The highest BCUT2D eigenvalue weighted by atomic mass is 16.1. The predicted octanol–water partition coefficient (Wildman–Crippen LogP) is 4.12. The number of nitrogens with two attached hydrogens (primary N) is 1. The second-order valence-corrected chi connectivity index (χ2v) is 6.68. The van der Waals surface area contributed by atoms with Gasteiger partial charge in [-0.25, -0.2) is 0 Å². The van der Waals surface area contributed by atoms with Gasteiger partial charge in [0.2, 0.25) is 5.91 Å². The van der Waals surface area contributed by atoms with E-state index in [4.69, 9.17) is 5.73 Å². The highest BCUT2D eigenvalue weighted by Crippen LogP contribution is 2.53. The topological polar surface area (TPSA) is 55.1 Å². The second kappa shape index (κ2) is 7.14. The number of unbranched alkanes of at least 4 members (excludes halogenated alkanes) is 1. The molecule has 0 spiro atoms. The van der Waals surface area contributed by atoms with Crippen LogP contribution in [0.1, 0.15) is 43.7 Å². The molecule has 0 saturated heterocycles. The molecule has 0 saturated carbocycles. The van der Waals surface area contributed by atoms with Gasteiger partial charge in [-0.3, -0.25) is 4.79 Å². The molecule has 3 rings (SSSR count). The van der Waals surface area contributed by atoms with Crippen molar-refractivity contribution in [2.45, 2.75) is 38.0 Å². The number of nitrogens with one attached hydrogen (secondary N) is 1. The molecule has 130 valence electrons. The molecule has 0 radical (unpaired) electrons. The Kier molecular flexibility index (Phi) is 4.93. The lowest BCUT2D eigenvalue weighted by molar-refractivity contribution is -0.120. The van der Waals surface area contributed by atoms with E-state index in [2.05, 4.69) is 60.4 Å². The van der Waals surface area contributed by atoms with Crippen LogP contribution in [0.15, 0.2) is 60.8 Å². The summed E-state index contributed by atoms with van der Waals surface area (Å²) in [6.45, 7) is 6.74. The Morgan fingerprint density at radius 3 is 2.12 bits per heavy atom. The van der Waals surface area contributed by atoms with Gasteiger partial charge in [0, 0.05) is 18.7 Å². The fourth-order valence-electron chi connectivity index (χ4n) is 3.97. The molecular weight excluding hydrogens is 308 g/mol. The van der Waals surface area contributed by atoms with Gasteiger partial charge in [-0.05, 0) is 35.1 Å². The SMILES string of the molecule is C=C(N)C1(CCCCNC(=O)CC)c2ccccc2-c2ccccc21. The normalized spacial score (nSPS) is 13.8. The van der Waals surface area contributed by atoms with Crippen LogP contribution in [-0.2, 0) is 10.2 Å². The summed E-state index contributed by atoms with van der Waals surface area (Å²) in [7, 11) is 0. The van der Waals surface area contributed by atoms with Crippen molar-refractivity contribution in [2.24, 2.45) is 5.73 Å². The van der Waals surface area contributed by atoms with Crippen LogP contribution in [0.5, 0.6) is 0 Å². The molecule has 3 nitrogen and oxygen atoms in total. The molecule has 0 aromatic heterocycles. The zero-order valence-electron chi connectivity index (χ0n) is 14.8. The summed E-state index contributed by atoms with van der Waals surface area (Å²) >= 11 is 0. The molecule has 3 heteroatoms. The lowest BCUT2D eigenvalue weighted by atomic mass is 9.72. The largest absolute Gasteiger partial charge is 0.402 e. The maximum absolute atomic E-state index is 11.4. The van der Waals surface area contributed by atoms with E-state index in [-0.39, 0.29) is 11.3 Å². The van der Waals surface area contributed by atoms with E-state index < -0.39 is 0 Å². The van der Waals surface area contributed by atoms with Gasteiger partial charge in [-0.15, -0.1) is 0 Å². The average molecular weight is 334 g/mol. The Hall–Kier alpha value is -2.55. The molecule has 0 bridgehead atoms. The van der Waals surface area contributed by atoms with Gasteiger partial charge in [-0.2, -0.15) is 0 Å². The summed E-state index contributed by atoms with van der Waals surface area (Å²) in [5.74, 6) is 0.106. The number of fused-ring (bicyclic) bond motifs is 3. The Bertz CT molecular complexity index is 749. The number of allylic oxidation sites excluding steroid dienone is 1. The smallest absolute Gasteiger partial charge is 0.219 e. The minimum atomic E-state index is -0.331. The molecule has 25 heavy (non-hydrogen) atoms. The summed E-state index contributed by atoms with van der Waals surface area (Å²) in [6.07, 6.45) is 3.34. The van der Waals surface area contributed by atoms with Crippen molar-refractivity contribution >= 4 is 5.91 Å². The molecule has 2 aromatic carbocycles. The third-order valence-corrected chi connectivity index (χ3v) is 5.23. The highest BCUT2D eigenvalue weighted by molar-refractivity contribution is 5.82. The van der Waals surface area contributed by atoms with E-state index in [1.165, 1.54) is 22.3 Å². The Morgan fingerprint density at radius 2 is 1.60 bits per heavy atom. The van der Waals surface area contributed by atoms with Crippen molar-refractivity contribution in [3.05, 3.63) is 71.9 Å². The Morgan fingerprint density at radius 1 is 1.04 bits per heavy atom. The third kappa shape index (κ3) is 2.95. The first-order valence-electron chi connectivity index (χ1n) is 9.02. The van der Waals surface area contributed by atoms with Gasteiger partial charge in [0.05, 0.1) is 5.41 Å². The molecular formula is C22H26N2O.